The van der Waals surface area contributed by atoms with Gasteiger partial charge in [0.05, 0.1) is 7.11 Å². The number of benzene rings is 1. The fourth-order valence-electron chi connectivity index (χ4n) is 1.72. The van der Waals surface area contributed by atoms with E-state index in [0.29, 0.717) is 5.75 Å². The third kappa shape index (κ3) is 3.98. The lowest BCUT2D eigenvalue weighted by atomic mass is 9.92. The zero-order valence-corrected chi connectivity index (χ0v) is 11.4. The Balaban J connectivity index is 2.88. The second-order valence-corrected chi connectivity index (χ2v) is 4.56. The molecule has 0 aliphatic heterocycles. The molecule has 104 valence electrons. The number of amides is 1. The zero-order valence-electron chi connectivity index (χ0n) is 11.4. The average Bonchev–Trinajstić information content (AvgIpc) is 2.39. The van der Waals surface area contributed by atoms with Crippen LogP contribution in [-0.2, 0) is 16.0 Å². The molecular weight excluding hydrogens is 246 g/mol. The minimum Gasteiger partial charge on any atom is -0.497 e. The molecule has 0 unspecified atom stereocenters. The molecule has 0 heterocycles. The van der Waals surface area contributed by atoms with E-state index in [1.165, 1.54) is 6.92 Å². The molecular formula is C14H19NO4. The summed E-state index contributed by atoms with van der Waals surface area (Å²) in [5.74, 6) is -0.623. The number of carboxylic acids is 1. The van der Waals surface area contributed by atoms with Crippen molar-refractivity contribution in [3.8, 4) is 5.75 Å². The van der Waals surface area contributed by atoms with Gasteiger partial charge >= 0.3 is 5.97 Å². The van der Waals surface area contributed by atoms with Crippen LogP contribution >= 0.6 is 0 Å². The van der Waals surface area contributed by atoms with Crippen LogP contribution in [0.3, 0.4) is 0 Å². The van der Waals surface area contributed by atoms with Gasteiger partial charge in [-0.15, -0.1) is 0 Å². The minimum atomic E-state index is -1.30. The van der Waals surface area contributed by atoms with Gasteiger partial charge in [-0.2, -0.15) is 0 Å². The number of carbonyl (C=O) groups is 2. The first-order valence-corrected chi connectivity index (χ1v) is 6.08. The molecule has 5 heteroatoms. The molecule has 0 aliphatic rings. The molecule has 1 aromatic rings. The van der Waals surface area contributed by atoms with Gasteiger partial charge in [-0.25, -0.2) is 4.79 Å². The van der Waals surface area contributed by atoms with Crippen LogP contribution in [0.4, 0.5) is 0 Å². The monoisotopic (exact) mass is 265 g/mol. The highest BCUT2D eigenvalue weighted by molar-refractivity contribution is 5.86. The van der Waals surface area contributed by atoms with E-state index >= 15 is 0 Å². The average molecular weight is 265 g/mol. The first kappa shape index (κ1) is 15.0. The first-order chi connectivity index (χ1) is 8.91. The number of ether oxygens (including phenoxy) is 1. The van der Waals surface area contributed by atoms with Crippen molar-refractivity contribution in [2.45, 2.75) is 32.2 Å². The van der Waals surface area contributed by atoms with E-state index in [-0.39, 0.29) is 18.7 Å². The maximum absolute atomic E-state index is 11.4. The summed E-state index contributed by atoms with van der Waals surface area (Å²) in [5.41, 5.74) is -0.482. The molecule has 0 bridgehead atoms. The fourth-order valence-corrected chi connectivity index (χ4v) is 1.72. The van der Waals surface area contributed by atoms with Gasteiger partial charge in [-0.1, -0.05) is 19.1 Å². The highest BCUT2D eigenvalue weighted by Crippen LogP contribution is 2.17. The molecule has 0 spiro atoms. The molecule has 2 N–H and O–H groups in total. The van der Waals surface area contributed by atoms with E-state index in [2.05, 4.69) is 5.32 Å². The molecule has 0 aliphatic carbocycles. The predicted molar refractivity (Wildman–Crippen MR) is 71.2 cm³/mol. The number of carbonyl (C=O) groups excluding carboxylic acids is 1. The summed E-state index contributed by atoms with van der Waals surface area (Å²) in [5, 5.41) is 11.8. The van der Waals surface area contributed by atoms with E-state index in [1.807, 2.05) is 0 Å². The quantitative estimate of drug-likeness (QED) is 0.819. The summed E-state index contributed by atoms with van der Waals surface area (Å²) in [6.07, 6.45) is 0.476. The molecule has 1 rings (SSSR count). The summed E-state index contributed by atoms with van der Waals surface area (Å²) in [6, 6.07) is 7.11. The molecule has 0 aromatic heterocycles. The van der Waals surface area contributed by atoms with E-state index < -0.39 is 11.5 Å². The second-order valence-electron chi connectivity index (χ2n) is 4.56. The smallest absolute Gasteiger partial charge is 0.329 e. The highest BCUT2D eigenvalue weighted by Gasteiger charge is 2.34. The van der Waals surface area contributed by atoms with Crippen LogP contribution in [0.25, 0.3) is 0 Å². The summed E-state index contributed by atoms with van der Waals surface area (Å²) < 4.78 is 5.04. The van der Waals surface area contributed by atoms with Crippen molar-refractivity contribution in [1.29, 1.82) is 0 Å². The molecule has 0 saturated carbocycles. The summed E-state index contributed by atoms with van der Waals surface area (Å²) in [6.45, 7) is 3.19. The summed E-state index contributed by atoms with van der Waals surface area (Å²) >= 11 is 0. The lowest BCUT2D eigenvalue weighted by Crippen LogP contribution is -2.53. The predicted octanol–water partition coefficient (Wildman–Crippen LogP) is 1.61. The molecule has 0 radical (unpaired) electrons. The molecule has 5 nitrogen and oxygen atoms in total. The molecule has 1 amide bonds. The SMILES string of the molecule is CCC(=O)N[C@](C)(Cc1ccc(OC)cc1)C(=O)O. The van der Waals surface area contributed by atoms with Crippen molar-refractivity contribution in [1.82, 2.24) is 5.32 Å². The second kappa shape index (κ2) is 6.22. The molecule has 19 heavy (non-hydrogen) atoms. The van der Waals surface area contributed by atoms with E-state index in [4.69, 9.17) is 4.74 Å². The van der Waals surface area contributed by atoms with Crippen molar-refractivity contribution in [2.24, 2.45) is 0 Å². The maximum Gasteiger partial charge on any atom is 0.329 e. The van der Waals surface area contributed by atoms with Crippen molar-refractivity contribution in [3.05, 3.63) is 29.8 Å². The topological polar surface area (TPSA) is 75.6 Å². The van der Waals surface area contributed by atoms with Crippen LogP contribution < -0.4 is 10.1 Å². The van der Waals surface area contributed by atoms with Gasteiger partial charge in [0, 0.05) is 12.8 Å². The van der Waals surface area contributed by atoms with Gasteiger partial charge in [0.1, 0.15) is 11.3 Å². The van der Waals surface area contributed by atoms with Gasteiger partial charge in [0.15, 0.2) is 0 Å². The van der Waals surface area contributed by atoms with Crippen LogP contribution in [0.1, 0.15) is 25.8 Å². The lowest BCUT2D eigenvalue weighted by Gasteiger charge is -2.26. The van der Waals surface area contributed by atoms with Crippen LogP contribution in [-0.4, -0.2) is 29.6 Å². The number of aliphatic carboxylic acids is 1. The van der Waals surface area contributed by atoms with Crippen molar-refractivity contribution < 1.29 is 19.4 Å². The highest BCUT2D eigenvalue weighted by atomic mass is 16.5. The minimum absolute atomic E-state index is 0.220. The summed E-state index contributed by atoms with van der Waals surface area (Å²) in [7, 11) is 1.57. The Bertz CT molecular complexity index is 455. The molecule has 0 saturated heterocycles. The normalized spacial score (nSPS) is 13.4. The Morgan fingerprint density at radius 2 is 1.89 bits per heavy atom. The van der Waals surface area contributed by atoms with Crippen molar-refractivity contribution >= 4 is 11.9 Å². The first-order valence-electron chi connectivity index (χ1n) is 6.08. The number of hydrogen-bond donors (Lipinski definition) is 2. The number of methoxy groups -OCH3 is 1. The zero-order chi connectivity index (χ0) is 14.5. The van der Waals surface area contributed by atoms with Gasteiger partial charge in [0.2, 0.25) is 5.91 Å². The Kier molecular flexibility index (Phi) is 4.92. The van der Waals surface area contributed by atoms with E-state index in [1.54, 1.807) is 38.3 Å². The van der Waals surface area contributed by atoms with Crippen molar-refractivity contribution in [2.75, 3.05) is 7.11 Å². The third-order valence-electron chi connectivity index (χ3n) is 2.93. The largest absolute Gasteiger partial charge is 0.497 e. The van der Waals surface area contributed by atoms with Crippen molar-refractivity contribution in [3.63, 3.8) is 0 Å². The molecule has 0 fully saturated rings. The fraction of sp³-hybridized carbons (Fsp3) is 0.429. The van der Waals surface area contributed by atoms with Gasteiger partial charge in [-0.3, -0.25) is 4.79 Å². The van der Waals surface area contributed by atoms with E-state index in [0.717, 1.165) is 5.56 Å². The van der Waals surface area contributed by atoms with Crippen LogP contribution in [0, 0.1) is 0 Å². The number of nitrogens with one attached hydrogen (secondary N) is 1. The third-order valence-corrected chi connectivity index (χ3v) is 2.93. The lowest BCUT2D eigenvalue weighted by molar-refractivity contribution is -0.146. The molecule has 1 atom stereocenters. The standard InChI is InChI=1S/C14H19NO4/c1-4-12(16)15-14(2,13(17)18)9-10-5-7-11(19-3)8-6-10/h5-8H,4,9H2,1-3H3,(H,15,16)(H,17,18)/t14-/m1/s1. The van der Waals surface area contributed by atoms with Gasteiger partial charge in [0.25, 0.3) is 0 Å². The Labute approximate surface area is 112 Å². The molecule has 1 aromatic carbocycles. The number of rotatable bonds is 6. The van der Waals surface area contributed by atoms with E-state index in [9.17, 15) is 14.7 Å². The Morgan fingerprint density at radius 1 is 1.32 bits per heavy atom. The van der Waals surface area contributed by atoms with Crippen LogP contribution in [0.2, 0.25) is 0 Å². The van der Waals surface area contributed by atoms with Gasteiger partial charge < -0.3 is 15.2 Å². The van der Waals surface area contributed by atoms with Crippen LogP contribution in [0.15, 0.2) is 24.3 Å². The van der Waals surface area contributed by atoms with Crippen LogP contribution in [0.5, 0.6) is 5.75 Å². The number of carboxylic acid groups (broad SMARTS) is 1. The number of hydrogen-bond acceptors (Lipinski definition) is 3. The Morgan fingerprint density at radius 3 is 2.32 bits per heavy atom. The summed E-state index contributed by atoms with van der Waals surface area (Å²) in [4.78, 5) is 22.8. The maximum atomic E-state index is 11.4. The Hall–Kier alpha value is -2.04. The van der Waals surface area contributed by atoms with Gasteiger partial charge in [-0.05, 0) is 24.6 Å².